The number of hydrogen-bond acceptors (Lipinski definition) is 11. The van der Waals surface area contributed by atoms with Crippen molar-refractivity contribution in [3.8, 4) is 33.6 Å². The van der Waals surface area contributed by atoms with Gasteiger partial charge in [-0.2, -0.15) is 0 Å². The third kappa shape index (κ3) is 8.35. The summed E-state index contributed by atoms with van der Waals surface area (Å²) in [6.45, 7) is 1.36. The van der Waals surface area contributed by atoms with E-state index in [1.165, 1.54) is 0 Å². The summed E-state index contributed by atoms with van der Waals surface area (Å²) in [4.78, 5) is 58.7. The van der Waals surface area contributed by atoms with Gasteiger partial charge in [0, 0.05) is 45.4 Å². The molecule has 6 aromatic rings. The van der Waals surface area contributed by atoms with Crippen LogP contribution < -0.4 is 10.6 Å². The summed E-state index contributed by atoms with van der Waals surface area (Å²) in [7, 11) is 1.58. The molecule has 58 heavy (non-hydrogen) atoms. The van der Waals surface area contributed by atoms with Crippen molar-refractivity contribution in [1.29, 1.82) is 0 Å². The molecule has 7 N–H and O–H groups in total. The van der Waals surface area contributed by atoms with Crippen LogP contribution in [-0.4, -0.2) is 123 Å². The van der Waals surface area contributed by atoms with Crippen molar-refractivity contribution in [1.82, 2.24) is 71.2 Å². The number of H-pyrrole nitrogens is 4. The van der Waals surface area contributed by atoms with Crippen LogP contribution in [0.5, 0.6) is 0 Å². The number of carbonyl (C=O) groups excluding carboxylic acids is 2. The third-order valence-corrected chi connectivity index (χ3v) is 10.7. The number of methoxy groups -OCH3 is 1. The monoisotopic (exact) mass is 788 g/mol. The normalized spacial score (nSPS) is 17.7. The molecule has 0 radical (unpaired) electrons. The van der Waals surface area contributed by atoms with E-state index in [2.05, 4.69) is 92.8 Å². The van der Waals surface area contributed by atoms with Gasteiger partial charge in [0.15, 0.2) is 0 Å². The van der Waals surface area contributed by atoms with Crippen LogP contribution >= 0.6 is 0 Å². The molecule has 4 atom stereocenters. The minimum absolute atomic E-state index is 0.0302. The van der Waals surface area contributed by atoms with E-state index >= 15 is 0 Å². The number of nitrogens with zero attached hydrogens (tertiary/aromatic N) is 8. The van der Waals surface area contributed by atoms with Crippen LogP contribution in [0.3, 0.4) is 0 Å². The standard InChI is InChI=1S/C39H44N14O5/c1-58-22-42-29(16-27-18-43-50-48-27)37(54)52-14-2-4-33(52)35-40-20-31(45-35)25-10-6-23(7-11-25)24-8-12-26(13-9-24)32-21-41-36(46-32)34-5-3-15-53(34)38(55)30(47-39(56)57)17-28-19-44-51-49-28/h6-13,18-21,29-30,33-34,42,47H,2-5,14-17,22H2,1H3,(H,40,45)(H,41,46)(H,56,57)(H,43,48,50)(H,44,49,51)/t29-,30-,33-,34-/m0/s1. The topological polar surface area (TPSA) is 252 Å². The van der Waals surface area contributed by atoms with Crippen LogP contribution in [0, 0.1) is 0 Å². The lowest BCUT2D eigenvalue weighted by Crippen LogP contribution is -2.49. The molecule has 2 fully saturated rings. The number of aromatic nitrogens is 10. The Hall–Kier alpha value is -6.73. The van der Waals surface area contributed by atoms with E-state index < -0.39 is 18.2 Å². The highest BCUT2D eigenvalue weighted by atomic mass is 16.5. The number of carboxylic acid groups (broad SMARTS) is 1. The van der Waals surface area contributed by atoms with Crippen LogP contribution in [0.15, 0.2) is 73.3 Å². The summed E-state index contributed by atoms with van der Waals surface area (Å²) in [5, 5.41) is 35.7. The maximum Gasteiger partial charge on any atom is 0.405 e. The molecule has 0 aliphatic carbocycles. The van der Waals surface area contributed by atoms with Crippen molar-refractivity contribution in [3.63, 3.8) is 0 Å². The predicted molar refractivity (Wildman–Crippen MR) is 208 cm³/mol. The van der Waals surface area contributed by atoms with Gasteiger partial charge in [0.2, 0.25) is 11.8 Å². The maximum atomic E-state index is 13.8. The van der Waals surface area contributed by atoms with E-state index in [0.717, 1.165) is 58.7 Å². The fraction of sp³-hybridized carbons (Fsp3) is 0.359. The number of amides is 3. The van der Waals surface area contributed by atoms with Gasteiger partial charge < -0.3 is 34.9 Å². The Kier molecular flexibility index (Phi) is 11.3. The zero-order valence-corrected chi connectivity index (χ0v) is 31.8. The number of aromatic amines is 4. The lowest BCUT2D eigenvalue weighted by molar-refractivity contribution is -0.135. The number of ether oxygens (including phenoxy) is 1. The van der Waals surface area contributed by atoms with Crippen LogP contribution in [0.1, 0.15) is 60.8 Å². The summed E-state index contributed by atoms with van der Waals surface area (Å²) in [6.07, 6.45) is 9.16. The molecule has 4 aromatic heterocycles. The Balaban J connectivity index is 0.909. The summed E-state index contributed by atoms with van der Waals surface area (Å²) >= 11 is 0. The summed E-state index contributed by atoms with van der Waals surface area (Å²) in [5.74, 6) is 1.04. The quantitative estimate of drug-likeness (QED) is 0.0740. The SMILES string of the molecule is COCN[C@@H](Cc1c[nH]nn1)C(=O)N1CCC[C@H]1c1ncc(-c2ccc(-c3ccc(-c4cnc([C@@H]5CCCN5C(=O)[C@H](Cc5c[nH]nn5)NC(=O)O)[nH]4)cc3)cc2)[nH]1. The average Bonchev–Trinajstić information content (AvgIpc) is 4.09. The first-order valence-corrected chi connectivity index (χ1v) is 19.2. The number of nitrogens with one attached hydrogen (secondary N) is 6. The number of likely N-dealkylation sites (tertiary alicyclic amines) is 2. The molecule has 6 heterocycles. The molecule has 19 nitrogen and oxygen atoms in total. The molecule has 2 aromatic carbocycles. The fourth-order valence-corrected chi connectivity index (χ4v) is 7.87. The summed E-state index contributed by atoms with van der Waals surface area (Å²) in [6, 6.07) is 14.4. The number of rotatable bonds is 15. The molecular formula is C39H44N14O5. The molecule has 300 valence electrons. The largest absolute Gasteiger partial charge is 0.465 e. The molecule has 2 aliphatic rings. The van der Waals surface area contributed by atoms with E-state index in [1.54, 1.807) is 30.6 Å². The molecular weight excluding hydrogens is 745 g/mol. The van der Waals surface area contributed by atoms with Gasteiger partial charge in [-0.05, 0) is 47.9 Å². The van der Waals surface area contributed by atoms with E-state index in [0.29, 0.717) is 43.1 Å². The molecule has 3 amide bonds. The smallest absolute Gasteiger partial charge is 0.405 e. The van der Waals surface area contributed by atoms with E-state index in [-0.39, 0.29) is 37.0 Å². The second-order valence-corrected chi connectivity index (χ2v) is 14.4. The average molecular weight is 789 g/mol. The van der Waals surface area contributed by atoms with Crippen molar-refractivity contribution in [2.24, 2.45) is 0 Å². The fourth-order valence-electron chi connectivity index (χ4n) is 7.87. The van der Waals surface area contributed by atoms with Crippen LogP contribution in [0.25, 0.3) is 33.6 Å². The van der Waals surface area contributed by atoms with Gasteiger partial charge in [0.1, 0.15) is 17.7 Å². The third-order valence-electron chi connectivity index (χ3n) is 10.7. The molecule has 0 saturated carbocycles. The van der Waals surface area contributed by atoms with Gasteiger partial charge in [0.05, 0.1) is 60.0 Å². The highest BCUT2D eigenvalue weighted by Crippen LogP contribution is 2.35. The first-order chi connectivity index (χ1) is 28.3. The van der Waals surface area contributed by atoms with Gasteiger partial charge in [-0.3, -0.25) is 25.1 Å². The maximum absolute atomic E-state index is 13.8. The number of benzene rings is 2. The van der Waals surface area contributed by atoms with Crippen LogP contribution in [0.4, 0.5) is 4.79 Å². The first-order valence-electron chi connectivity index (χ1n) is 19.2. The van der Waals surface area contributed by atoms with Crippen LogP contribution in [-0.2, 0) is 27.2 Å². The highest BCUT2D eigenvalue weighted by molar-refractivity contribution is 5.86. The van der Waals surface area contributed by atoms with Gasteiger partial charge in [0.25, 0.3) is 0 Å². The van der Waals surface area contributed by atoms with E-state index in [1.807, 2.05) is 23.2 Å². The highest BCUT2D eigenvalue weighted by Gasteiger charge is 2.37. The zero-order chi connectivity index (χ0) is 40.0. The molecule has 0 unspecified atom stereocenters. The van der Waals surface area contributed by atoms with Crippen molar-refractivity contribution in [2.75, 3.05) is 26.9 Å². The molecule has 0 spiro atoms. The summed E-state index contributed by atoms with van der Waals surface area (Å²) < 4.78 is 5.20. The van der Waals surface area contributed by atoms with Gasteiger partial charge in [-0.25, -0.2) is 14.8 Å². The van der Waals surface area contributed by atoms with E-state index in [9.17, 15) is 19.5 Å². The number of carbonyl (C=O) groups is 3. The summed E-state index contributed by atoms with van der Waals surface area (Å²) in [5.41, 5.74) is 6.87. The second-order valence-electron chi connectivity index (χ2n) is 14.4. The van der Waals surface area contributed by atoms with Gasteiger partial charge >= 0.3 is 6.09 Å². The number of hydrogen-bond donors (Lipinski definition) is 7. The van der Waals surface area contributed by atoms with Crippen molar-refractivity contribution in [3.05, 3.63) is 96.4 Å². The van der Waals surface area contributed by atoms with Crippen molar-refractivity contribution < 1.29 is 24.2 Å². The lowest BCUT2D eigenvalue weighted by atomic mass is 10.0. The first kappa shape index (κ1) is 38.2. The van der Waals surface area contributed by atoms with Crippen LogP contribution in [0.2, 0.25) is 0 Å². The van der Waals surface area contributed by atoms with Gasteiger partial charge in [-0.1, -0.05) is 59.0 Å². The minimum atomic E-state index is -1.28. The second kappa shape index (κ2) is 17.2. The van der Waals surface area contributed by atoms with E-state index in [4.69, 9.17) is 9.72 Å². The Labute approximate surface area is 332 Å². The zero-order valence-electron chi connectivity index (χ0n) is 31.8. The molecule has 2 aliphatic heterocycles. The molecule has 8 rings (SSSR count). The lowest BCUT2D eigenvalue weighted by Gasteiger charge is -2.28. The van der Waals surface area contributed by atoms with Crippen molar-refractivity contribution >= 4 is 17.9 Å². The number of imidazole rings is 2. The molecule has 2 saturated heterocycles. The Morgan fingerprint density at radius 1 is 0.741 bits per heavy atom. The Morgan fingerprint density at radius 2 is 1.21 bits per heavy atom. The molecule has 0 bridgehead atoms. The van der Waals surface area contributed by atoms with Gasteiger partial charge in [-0.15, -0.1) is 10.2 Å². The molecule has 19 heteroatoms. The van der Waals surface area contributed by atoms with Crippen molar-refractivity contribution in [2.45, 2.75) is 62.7 Å². The minimum Gasteiger partial charge on any atom is -0.465 e. The predicted octanol–water partition coefficient (Wildman–Crippen LogP) is 3.38. The Bertz CT molecular complexity index is 2290. The Morgan fingerprint density at radius 3 is 1.66 bits per heavy atom.